The predicted molar refractivity (Wildman–Crippen MR) is 147 cm³/mol. The zero-order valence-electron chi connectivity index (χ0n) is 20.1. The Morgan fingerprint density at radius 3 is 1.62 bits per heavy atom. The Morgan fingerprint density at radius 2 is 1.19 bits per heavy atom. The first-order valence-electron chi connectivity index (χ1n) is 12.0. The summed E-state index contributed by atoms with van der Waals surface area (Å²) in [5.74, 6) is -0.731. The first-order chi connectivity index (χ1) is 18.0. The first-order valence-corrected chi connectivity index (χ1v) is 13.0. The third-order valence-corrected chi connectivity index (χ3v) is 7.25. The van der Waals surface area contributed by atoms with E-state index in [0.29, 0.717) is 23.3 Å². The van der Waals surface area contributed by atoms with Gasteiger partial charge in [0.25, 0.3) is 0 Å². The summed E-state index contributed by atoms with van der Waals surface area (Å²) in [6, 6.07) is 34.1. The molecule has 1 N–H and O–H groups in total. The largest absolute Gasteiger partial charge is 0.478 e. The van der Waals surface area contributed by atoms with Crippen molar-refractivity contribution in [1.82, 2.24) is 0 Å². The molecule has 0 bridgehead atoms. The van der Waals surface area contributed by atoms with Crippen molar-refractivity contribution in [3.8, 4) is 22.3 Å². The molecule has 1 aliphatic heterocycles. The molecule has 188 valence electrons. The lowest BCUT2D eigenvalue weighted by atomic mass is 10.0. The van der Waals surface area contributed by atoms with Crippen molar-refractivity contribution in [2.75, 3.05) is 12.4 Å². The third-order valence-electron chi connectivity index (χ3n) is 5.90. The molecule has 0 amide bonds. The Bertz CT molecular complexity index is 1290. The molecule has 0 unspecified atom stereocenters. The van der Waals surface area contributed by atoms with Gasteiger partial charge in [-0.15, -0.1) is 0 Å². The predicted octanol–water partition coefficient (Wildman–Crippen LogP) is 7.41. The highest BCUT2D eigenvalue weighted by atomic mass is 32.2. The van der Waals surface area contributed by atoms with Crippen molar-refractivity contribution in [2.45, 2.75) is 17.8 Å². The fraction of sp³-hybridized carbons (Fsp3) is 0.161. The summed E-state index contributed by atoms with van der Waals surface area (Å²) in [6.45, 7) is 0.282. The lowest BCUT2D eigenvalue weighted by molar-refractivity contribution is 0.0501. The topological polar surface area (TPSA) is 63.6 Å². The fourth-order valence-electron chi connectivity index (χ4n) is 3.90. The van der Waals surface area contributed by atoms with Gasteiger partial charge in [-0.3, -0.25) is 0 Å². The van der Waals surface area contributed by atoms with E-state index in [1.54, 1.807) is 24.3 Å². The monoisotopic (exact) mass is 514 g/mol. The van der Waals surface area contributed by atoms with Crippen molar-refractivity contribution < 1.29 is 23.8 Å². The van der Waals surface area contributed by atoms with Crippen molar-refractivity contribution >= 4 is 23.7 Å². The van der Waals surface area contributed by atoms with Gasteiger partial charge in [-0.25, -0.2) is 14.0 Å². The van der Waals surface area contributed by atoms with Gasteiger partial charge in [0, 0.05) is 11.0 Å². The van der Waals surface area contributed by atoms with Crippen LogP contribution in [0.5, 0.6) is 0 Å². The summed E-state index contributed by atoms with van der Waals surface area (Å²) in [5, 5.41) is 8.83. The minimum Gasteiger partial charge on any atom is -0.478 e. The summed E-state index contributed by atoms with van der Waals surface area (Å²) in [6.07, 6.45) is -0.288. The molecular weight excluding hydrogens is 487 g/mol. The standard InChI is InChI=1S/C18H17FO2S.C13H10O2/c19-16-10-17(22-12-16)11-21-18(20)15-8-6-14(7-9-15)13-4-2-1-3-5-13;14-13(15)12-8-6-11(7-9-12)10-4-2-1-3-5-10/h1-9,16-17H,10-12H2;1-9H,(H,14,15)/t16-,17+;/m0./s1. The van der Waals surface area contributed by atoms with Gasteiger partial charge >= 0.3 is 11.9 Å². The second-order valence-corrected chi connectivity index (χ2v) is 9.91. The molecule has 1 heterocycles. The molecule has 1 fully saturated rings. The summed E-state index contributed by atoms with van der Waals surface area (Å²) in [5.41, 5.74) is 5.13. The van der Waals surface area contributed by atoms with E-state index in [4.69, 9.17) is 9.84 Å². The number of hydrogen-bond donors (Lipinski definition) is 1. The number of carboxylic acids is 1. The lowest BCUT2D eigenvalue weighted by Crippen LogP contribution is -2.15. The fourth-order valence-corrected chi connectivity index (χ4v) is 5.02. The maximum absolute atomic E-state index is 13.1. The van der Waals surface area contributed by atoms with Crippen molar-refractivity contribution in [3.63, 3.8) is 0 Å². The quantitative estimate of drug-likeness (QED) is 0.272. The van der Waals surface area contributed by atoms with Crippen LogP contribution in [0.2, 0.25) is 0 Å². The van der Waals surface area contributed by atoms with Gasteiger partial charge in [0.05, 0.1) is 11.1 Å². The van der Waals surface area contributed by atoms with Gasteiger partial charge in [0.1, 0.15) is 12.8 Å². The molecule has 0 radical (unpaired) electrons. The number of alkyl halides is 1. The molecule has 0 aromatic heterocycles. The van der Waals surface area contributed by atoms with E-state index in [0.717, 1.165) is 22.3 Å². The summed E-state index contributed by atoms with van der Waals surface area (Å²) in [7, 11) is 0. The van der Waals surface area contributed by atoms with E-state index < -0.39 is 12.1 Å². The van der Waals surface area contributed by atoms with Gasteiger partial charge in [0.15, 0.2) is 0 Å². The Morgan fingerprint density at radius 1 is 0.730 bits per heavy atom. The van der Waals surface area contributed by atoms with Gasteiger partial charge in [-0.05, 0) is 52.9 Å². The molecule has 4 aromatic rings. The summed E-state index contributed by atoms with van der Waals surface area (Å²) in [4.78, 5) is 22.7. The molecule has 6 heteroatoms. The number of benzene rings is 4. The SMILES string of the molecule is O=C(O)c1ccc(-c2ccccc2)cc1.O=C(OC[C@H]1C[C@H](F)CS1)c1ccc(-c2ccccc2)cc1. The zero-order valence-corrected chi connectivity index (χ0v) is 20.9. The highest BCUT2D eigenvalue weighted by Gasteiger charge is 2.26. The number of carboxylic acid groups (broad SMARTS) is 1. The first kappa shape index (κ1) is 26.2. The maximum Gasteiger partial charge on any atom is 0.338 e. The molecule has 0 aliphatic carbocycles. The van der Waals surface area contributed by atoms with E-state index in [1.165, 1.54) is 11.8 Å². The van der Waals surface area contributed by atoms with E-state index in [2.05, 4.69) is 0 Å². The van der Waals surface area contributed by atoms with Crippen LogP contribution in [0.4, 0.5) is 4.39 Å². The molecule has 4 nitrogen and oxygen atoms in total. The number of ether oxygens (including phenoxy) is 1. The molecule has 2 atom stereocenters. The van der Waals surface area contributed by atoms with Crippen LogP contribution in [0, 0.1) is 0 Å². The average Bonchev–Trinajstić information content (AvgIpc) is 3.38. The zero-order chi connectivity index (χ0) is 26.0. The average molecular weight is 515 g/mol. The highest BCUT2D eigenvalue weighted by molar-refractivity contribution is 8.00. The molecule has 0 saturated carbocycles. The van der Waals surface area contributed by atoms with Gasteiger partial charge in [-0.1, -0.05) is 84.9 Å². The maximum atomic E-state index is 13.1. The number of aromatic carboxylic acids is 1. The number of carbonyl (C=O) groups excluding carboxylic acids is 1. The Hall–Kier alpha value is -3.90. The van der Waals surface area contributed by atoms with Crippen LogP contribution < -0.4 is 0 Å². The Kier molecular flexibility index (Phi) is 9.11. The molecule has 4 aromatic carbocycles. The van der Waals surface area contributed by atoms with E-state index >= 15 is 0 Å². The Labute approximate surface area is 220 Å². The second kappa shape index (κ2) is 12.9. The van der Waals surface area contributed by atoms with E-state index in [9.17, 15) is 14.0 Å². The van der Waals surface area contributed by atoms with E-state index in [-0.39, 0.29) is 17.8 Å². The minimum absolute atomic E-state index is 0.0857. The molecule has 1 saturated heterocycles. The highest BCUT2D eigenvalue weighted by Crippen LogP contribution is 2.29. The van der Waals surface area contributed by atoms with Gasteiger partial charge in [-0.2, -0.15) is 11.8 Å². The molecule has 5 rings (SSSR count). The van der Waals surface area contributed by atoms with Gasteiger partial charge < -0.3 is 9.84 Å². The number of esters is 1. The van der Waals surface area contributed by atoms with Crippen LogP contribution in [-0.2, 0) is 4.74 Å². The van der Waals surface area contributed by atoms with Crippen LogP contribution in [-0.4, -0.2) is 40.8 Å². The van der Waals surface area contributed by atoms with Gasteiger partial charge in [0.2, 0.25) is 0 Å². The molecule has 37 heavy (non-hydrogen) atoms. The minimum atomic E-state index is -0.894. The number of carbonyl (C=O) groups is 2. The molecule has 0 spiro atoms. The molecule has 1 aliphatic rings. The van der Waals surface area contributed by atoms with Crippen LogP contribution in [0.25, 0.3) is 22.3 Å². The number of rotatable bonds is 6. The normalized spacial score (nSPS) is 16.4. The van der Waals surface area contributed by atoms with Crippen LogP contribution in [0.3, 0.4) is 0 Å². The van der Waals surface area contributed by atoms with Crippen molar-refractivity contribution in [2.24, 2.45) is 0 Å². The lowest BCUT2D eigenvalue weighted by Gasteiger charge is -2.10. The third kappa shape index (κ3) is 7.54. The summed E-state index contributed by atoms with van der Waals surface area (Å²) >= 11 is 1.54. The number of halogens is 1. The smallest absolute Gasteiger partial charge is 0.338 e. The van der Waals surface area contributed by atoms with Crippen molar-refractivity contribution in [3.05, 3.63) is 120 Å². The van der Waals surface area contributed by atoms with Crippen LogP contribution in [0.1, 0.15) is 27.1 Å². The molecular formula is C31H27FO4S. The van der Waals surface area contributed by atoms with Crippen LogP contribution >= 0.6 is 11.8 Å². The second-order valence-electron chi connectivity index (χ2n) is 8.58. The number of hydrogen-bond acceptors (Lipinski definition) is 4. The van der Waals surface area contributed by atoms with Crippen LogP contribution in [0.15, 0.2) is 109 Å². The van der Waals surface area contributed by atoms with Crippen molar-refractivity contribution in [1.29, 1.82) is 0 Å². The van der Waals surface area contributed by atoms with E-state index in [1.807, 2.05) is 84.9 Å². The number of thioether (sulfide) groups is 1. The summed E-state index contributed by atoms with van der Waals surface area (Å²) < 4.78 is 18.3. The Balaban J connectivity index is 0.000000186.